The molecule has 1 unspecified atom stereocenters. The molecule has 1 atom stereocenters. The number of hydrogen-bond donors (Lipinski definition) is 1. The predicted molar refractivity (Wildman–Crippen MR) is 71.4 cm³/mol. The van der Waals surface area contributed by atoms with Crippen LogP contribution in [-0.4, -0.2) is 24.5 Å². The molecule has 0 bridgehead atoms. The Bertz CT molecular complexity index is 562. The fourth-order valence-corrected chi connectivity index (χ4v) is 2.22. The van der Waals surface area contributed by atoms with Gasteiger partial charge in [0.1, 0.15) is 5.60 Å². The lowest BCUT2D eigenvalue weighted by Gasteiger charge is -2.27. The Morgan fingerprint density at radius 1 is 1.21 bits per heavy atom. The van der Waals surface area contributed by atoms with Gasteiger partial charge in [-0.05, 0) is 20.8 Å². The normalized spacial score (nSPS) is 15.6. The van der Waals surface area contributed by atoms with Gasteiger partial charge in [-0.15, -0.1) is 0 Å². The Kier molecular flexibility index (Phi) is 4.29. The van der Waals surface area contributed by atoms with E-state index in [4.69, 9.17) is 16.3 Å². The Morgan fingerprint density at radius 2 is 1.68 bits per heavy atom. The number of carbonyl (C=O) groups excluding carboxylic acids is 1. The highest BCUT2D eigenvalue weighted by molar-refractivity contribution is 7.89. The van der Waals surface area contributed by atoms with Gasteiger partial charge in [0.15, 0.2) is 0 Å². The second-order valence-corrected chi connectivity index (χ2v) is 7.29. The summed E-state index contributed by atoms with van der Waals surface area (Å²) in [5.74, 6) is -1.24. The number of carbonyl (C=O) groups is 1. The topological polar surface area (TPSA) is 80.7 Å². The summed E-state index contributed by atoms with van der Waals surface area (Å²) in [5.41, 5.74) is -1.01. The van der Waals surface area contributed by atoms with E-state index in [1.807, 2.05) is 0 Å². The molecule has 0 radical (unpaired) electrons. The lowest BCUT2D eigenvalue weighted by Crippen LogP contribution is -2.42. The summed E-state index contributed by atoms with van der Waals surface area (Å²) < 4.78 is 34.6. The minimum absolute atomic E-state index is 0.0755. The van der Waals surface area contributed by atoms with E-state index in [-0.39, 0.29) is 5.56 Å². The number of ether oxygens (including phenoxy) is 1. The lowest BCUT2D eigenvalue weighted by atomic mass is 10.1. The molecule has 1 N–H and O–H groups in total. The van der Waals surface area contributed by atoms with Crippen LogP contribution in [0.1, 0.15) is 26.3 Å². The first-order valence-corrected chi connectivity index (χ1v) is 7.25. The monoisotopic (exact) mass is 306 g/mol. The van der Waals surface area contributed by atoms with Crippen LogP contribution in [0.2, 0.25) is 0 Å². The maximum absolute atomic E-state index is 12.0. The van der Waals surface area contributed by atoms with E-state index in [2.05, 4.69) is 0 Å². The largest absolute Gasteiger partial charge is 0.458 e. The summed E-state index contributed by atoms with van der Waals surface area (Å²) in [6.45, 7) is 4.70. The molecular weight excluding hydrogens is 292 g/mol. The van der Waals surface area contributed by atoms with Gasteiger partial charge in [-0.25, -0.2) is 4.79 Å². The van der Waals surface area contributed by atoms with Crippen LogP contribution >= 0.6 is 11.6 Å². The fraction of sp³-hybridized carbons (Fsp3) is 0.417. The molecule has 0 aliphatic heterocycles. The highest BCUT2D eigenvalue weighted by Gasteiger charge is 2.53. The van der Waals surface area contributed by atoms with Gasteiger partial charge in [0.05, 0.1) is 0 Å². The second kappa shape index (κ2) is 5.11. The second-order valence-electron chi connectivity index (χ2n) is 4.94. The molecule has 0 spiro atoms. The molecule has 7 heteroatoms. The molecule has 0 aliphatic carbocycles. The van der Waals surface area contributed by atoms with Crippen LogP contribution in [-0.2, 0) is 23.9 Å². The quantitative estimate of drug-likeness (QED) is 0.526. The molecule has 0 amide bonds. The van der Waals surface area contributed by atoms with Crippen LogP contribution in [0.3, 0.4) is 0 Å². The number of rotatable bonds is 3. The van der Waals surface area contributed by atoms with E-state index in [1.165, 1.54) is 24.3 Å². The minimum Gasteiger partial charge on any atom is -0.458 e. The maximum atomic E-state index is 12.0. The van der Waals surface area contributed by atoms with E-state index in [9.17, 15) is 17.8 Å². The first kappa shape index (κ1) is 15.9. The van der Waals surface area contributed by atoms with Gasteiger partial charge < -0.3 is 4.74 Å². The Labute approximate surface area is 117 Å². The summed E-state index contributed by atoms with van der Waals surface area (Å²) in [7, 11) is -4.90. The molecule has 1 rings (SSSR count). The molecule has 0 heterocycles. The van der Waals surface area contributed by atoms with Crippen molar-refractivity contribution in [3.8, 4) is 0 Å². The van der Waals surface area contributed by atoms with Gasteiger partial charge >= 0.3 is 16.1 Å². The predicted octanol–water partition coefficient (Wildman–Crippen LogP) is 2.31. The number of hydrogen-bond acceptors (Lipinski definition) is 4. The van der Waals surface area contributed by atoms with E-state index in [0.717, 1.165) is 0 Å². The standard InChI is InChI=1S/C12H15ClO5S/c1-11(2,3)18-10(14)12(13,19(15,16)17)9-7-5-4-6-8-9/h4-8H,1-3H3,(H,15,16,17). The summed E-state index contributed by atoms with van der Waals surface area (Å²) in [6, 6.07) is 7.28. The van der Waals surface area contributed by atoms with E-state index < -0.39 is 25.9 Å². The smallest absolute Gasteiger partial charge is 0.350 e. The van der Waals surface area contributed by atoms with Crippen molar-refractivity contribution in [2.24, 2.45) is 0 Å². The van der Waals surface area contributed by atoms with Gasteiger partial charge in [0.25, 0.3) is 4.21 Å². The first-order valence-electron chi connectivity index (χ1n) is 5.43. The molecule has 0 fully saturated rings. The highest BCUT2D eigenvalue weighted by atomic mass is 35.5. The molecule has 0 saturated heterocycles. The molecule has 0 aromatic heterocycles. The Hall–Kier alpha value is -1.11. The highest BCUT2D eigenvalue weighted by Crippen LogP contribution is 2.37. The maximum Gasteiger partial charge on any atom is 0.350 e. The van der Waals surface area contributed by atoms with Gasteiger partial charge in [-0.1, -0.05) is 41.9 Å². The molecule has 19 heavy (non-hydrogen) atoms. The van der Waals surface area contributed by atoms with Crippen LogP contribution in [0.25, 0.3) is 0 Å². The van der Waals surface area contributed by atoms with Crippen molar-refractivity contribution in [3.63, 3.8) is 0 Å². The fourth-order valence-electron chi connectivity index (χ4n) is 1.37. The van der Waals surface area contributed by atoms with Gasteiger partial charge in [-0.3, -0.25) is 4.55 Å². The summed E-state index contributed by atoms with van der Waals surface area (Å²) >= 11 is 5.88. The number of esters is 1. The average Bonchev–Trinajstić information content (AvgIpc) is 2.25. The van der Waals surface area contributed by atoms with E-state index >= 15 is 0 Å². The summed E-state index contributed by atoms with van der Waals surface area (Å²) in [4.78, 5) is 12.0. The molecule has 0 saturated carbocycles. The van der Waals surface area contributed by atoms with Gasteiger partial charge in [0.2, 0.25) is 0 Å². The third-order valence-corrected chi connectivity index (χ3v) is 4.23. The SMILES string of the molecule is CC(C)(C)OC(=O)C(Cl)(c1ccccc1)S(=O)(=O)O. The minimum atomic E-state index is -4.90. The zero-order valence-corrected chi connectivity index (χ0v) is 12.3. The van der Waals surface area contributed by atoms with Crippen LogP contribution < -0.4 is 0 Å². The third-order valence-electron chi connectivity index (χ3n) is 2.16. The van der Waals surface area contributed by atoms with Crippen molar-refractivity contribution in [1.29, 1.82) is 0 Å². The molecule has 5 nitrogen and oxygen atoms in total. The third kappa shape index (κ3) is 3.46. The van der Waals surface area contributed by atoms with Crippen molar-refractivity contribution in [3.05, 3.63) is 35.9 Å². The zero-order valence-electron chi connectivity index (χ0n) is 10.8. The number of alkyl halides is 1. The van der Waals surface area contributed by atoms with Crippen molar-refractivity contribution < 1.29 is 22.5 Å². The van der Waals surface area contributed by atoms with Crippen molar-refractivity contribution >= 4 is 27.7 Å². The molecule has 1 aromatic rings. The zero-order chi connectivity index (χ0) is 14.9. The van der Waals surface area contributed by atoms with E-state index in [1.54, 1.807) is 26.8 Å². The molecule has 0 aliphatic rings. The van der Waals surface area contributed by atoms with Gasteiger partial charge in [0, 0.05) is 5.56 Å². The van der Waals surface area contributed by atoms with Crippen molar-refractivity contribution in [1.82, 2.24) is 0 Å². The average molecular weight is 307 g/mol. The summed E-state index contributed by atoms with van der Waals surface area (Å²) in [6.07, 6.45) is 0. The van der Waals surface area contributed by atoms with Crippen LogP contribution in [0.5, 0.6) is 0 Å². The van der Waals surface area contributed by atoms with Crippen molar-refractivity contribution in [2.75, 3.05) is 0 Å². The van der Waals surface area contributed by atoms with Crippen LogP contribution in [0.4, 0.5) is 0 Å². The Balaban J connectivity index is 3.36. The first-order chi connectivity index (χ1) is 8.48. The van der Waals surface area contributed by atoms with Crippen molar-refractivity contribution in [2.45, 2.75) is 30.6 Å². The Morgan fingerprint density at radius 3 is 2.05 bits per heavy atom. The van der Waals surface area contributed by atoms with E-state index in [0.29, 0.717) is 0 Å². The molecule has 1 aromatic carbocycles. The summed E-state index contributed by atoms with van der Waals surface area (Å²) in [5, 5.41) is 0. The van der Waals surface area contributed by atoms with Crippen LogP contribution in [0.15, 0.2) is 30.3 Å². The number of halogens is 1. The van der Waals surface area contributed by atoms with Crippen LogP contribution in [0, 0.1) is 0 Å². The molecular formula is C12H15ClO5S. The lowest BCUT2D eigenvalue weighted by molar-refractivity contribution is -0.156. The van der Waals surface area contributed by atoms with Gasteiger partial charge in [-0.2, -0.15) is 8.42 Å². The molecule has 106 valence electrons. The number of benzene rings is 1.